The zero-order chi connectivity index (χ0) is 9.97. The summed E-state index contributed by atoms with van der Waals surface area (Å²) in [6.07, 6.45) is 1.88. The molecule has 74 valence electrons. The number of fused-ring (bicyclic) bond motifs is 1. The summed E-state index contributed by atoms with van der Waals surface area (Å²) in [5.74, 6) is -0.0588. The second-order valence-electron chi connectivity index (χ2n) is 3.74. The molecule has 0 radical (unpaired) electrons. The molecule has 0 spiro atoms. The van der Waals surface area contributed by atoms with Gasteiger partial charge >= 0.3 is 0 Å². The van der Waals surface area contributed by atoms with Crippen LogP contribution >= 0.6 is 0 Å². The molecule has 0 aromatic heterocycles. The molecule has 14 heavy (non-hydrogen) atoms. The first-order valence-corrected chi connectivity index (χ1v) is 4.97. The molecule has 0 bridgehead atoms. The summed E-state index contributed by atoms with van der Waals surface area (Å²) in [6.45, 7) is 2.62. The van der Waals surface area contributed by atoms with Crippen molar-refractivity contribution in [1.29, 1.82) is 0 Å². The van der Waals surface area contributed by atoms with Crippen molar-refractivity contribution in [3.63, 3.8) is 0 Å². The van der Waals surface area contributed by atoms with E-state index in [4.69, 9.17) is 4.74 Å². The Labute approximate surface area is 83.9 Å². The topological polar surface area (TPSA) is 26.3 Å². The molecule has 0 fully saturated rings. The van der Waals surface area contributed by atoms with Crippen LogP contribution in [0.25, 0.3) is 0 Å². The average molecular weight is 190 g/mol. The van der Waals surface area contributed by atoms with Gasteiger partial charge in [0.25, 0.3) is 0 Å². The van der Waals surface area contributed by atoms with Gasteiger partial charge in [0.1, 0.15) is 6.29 Å². The van der Waals surface area contributed by atoms with E-state index in [0.29, 0.717) is 0 Å². The summed E-state index contributed by atoms with van der Waals surface area (Å²) in [4.78, 5) is 10.7. The molecule has 2 atom stereocenters. The first-order valence-electron chi connectivity index (χ1n) is 4.97. The molecule has 0 saturated carbocycles. The van der Waals surface area contributed by atoms with Gasteiger partial charge in [0.2, 0.25) is 0 Å². The van der Waals surface area contributed by atoms with Crippen molar-refractivity contribution < 1.29 is 9.53 Å². The predicted octanol–water partition coefficient (Wildman–Crippen LogP) is 2.14. The Hall–Kier alpha value is -1.15. The number of rotatable bonds is 2. The number of aldehydes is 1. The summed E-state index contributed by atoms with van der Waals surface area (Å²) < 4.78 is 5.63. The maximum atomic E-state index is 10.7. The monoisotopic (exact) mass is 190 g/mol. The van der Waals surface area contributed by atoms with Gasteiger partial charge in [-0.3, -0.25) is 0 Å². The van der Waals surface area contributed by atoms with E-state index in [1.165, 1.54) is 11.1 Å². The molecule has 2 rings (SSSR count). The van der Waals surface area contributed by atoms with Gasteiger partial charge in [0.15, 0.2) is 0 Å². The zero-order valence-electron chi connectivity index (χ0n) is 8.27. The second kappa shape index (κ2) is 3.93. The Bertz CT molecular complexity index is 333. The van der Waals surface area contributed by atoms with Crippen LogP contribution in [0, 0.1) is 5.92 Å². The highest BCUT2D eigenvalue weighted by Crippen LogP contribution is 2.31. The smallest absolute Gasteiger partial charge is 0.125 e. The van der Waals surface area contributed by atoms with Gasteiger partial charge < -0.3 is 9.53 Å². The normalized spacial score (nSPS) is 22.5. The fourth-order valence-corrected chi connectivity index (χ4v) is 1.93. The number of hydrogen-bond acceptors (Lipinski definition) is 2. The second-order valence-corrected chi connectivity index (χ2v) is 3.74. The van der Waals surface area contributed by atoms with Gasteiger partial charge in [-0.05, 0) is 17.5 Å². The van der Waals surface area contributed by atoms with E-state index < -0.39 is 0 Å². The van der Waals surface area contributed by atoms with Crippen LogP contribution in [0.5, 0.6) is 0 Å². The first-order chi connectivity index (χ1) is 6.83. The van der Waals surface area contributed by atoms with Crippen LogP contribution < -0.4 is 0 Å². The van der Waals surface area contributed by atoms with Crippen molar-refractivity contribution in [2.24, 2.45) is 5.92 Å². The van der Waals surface area contributed by atoms with Gasteiger partial charge in [-0.25, -0.2) is 0 Å². The van der Waals surface area contributed by atoms with E-state index in [9.17, 15) is 4.79 Å². The van der Waals surface area contributed by atoms with E-state index in [0.717, 1.165) is 19.3 Å². The highest BCUT2D eigenvalue weighted by Gasteiger charge is 2.25. The van der Waals surface area contributed by atoms with Crippen LogP contribution in [-0.2, 0) is 16.0 Å². The first kappa shape index (κ1) is 9.41. The minimum Gasteiger partial charge on any atom is -0.372 e. The van der Waals surface area contributed by atoms with Gasteiger partial charge in [-0.15, -0.1) is 0 Å². The van der Waals surface area contributed by atoms with E-state index in [-0.39, 0.29) is 12.0 Å². The summed E-state index contributed by atoms with van der Waals surface area (Å²) in [7, 11) is 0. The van der Waals surface area contributed by atoms with Gasteiger partial charge in [0, 0.05) is 5.92 Å². The third-order valence-corrected chi connectivity index (χ3v) is 2.72. The Kier molecular flexibility index (Phi) is 2.64. The Morgan fingerprint density at radius 1 is 1.50 bits per heavy atom. The minimum absolute atomic E-state index is 0.0440. The number of hydrogen-bond donors (Lipinski definition) is 0. The van der Waals surface area contributed by atoms with E-state index >= 15 is 0 Å². The van der Waals surface area contributed by atoms with Crippen molar-refractivity contribution in [3.8, 4) is 0 Å². The lowest BCUT2D eigenvalue weighted by Crippen LogP contribution is -2.22. The van der Waals surface area contributed by atoms with Crippen molar-refractivity contribution in [1.82, 2.24) is 0 Å². The molecule has 1 aromatic carbocycles. The summed E-state index contributed by atoms with van der Waals surface area (Å²) in [6, 6.07) is 8.20. The number of benzene rings is 1. The summed E-state index contributed by atoms with van der Waals surface area (Å²) in [5.41, 5.74) is 2.50. The molecule has 2 nitrogen and oxygen atoms in total. The van der Waals surface area contributed by atoms with E-state index in [1.807, 2.05) is 19.1 Å². The number of carbonyl (C=O) groups excluding carboxylic acids is 1. The van der Waals surface area contributed by atoms with Crippen molar-refractivity contribution >= 4 is 6.29 Å². The average Bonchev–Trinajstić information content (AvgIpc) is 2.27. The number of ether oxygens (including phenoxy) is 1. The molecule has 0 saturated heterocycles. The fraction of sp³-hybridized carbons (Fsp3) is 0.417. The maximum Gasteiger partial charge on any atom is 0.125 e. The molecule has 0 amide bonds. The maximum absolute atomic E-state index is 10.7. The highest BCUT2D eigenvalue weighted by molar-refractivity contribution is 5.55. The molecule has 0 N–H and O–H groups in total. The van der Waals surface area contributed by atoms with Crippen LogP contribution in [0.4, 0.5) is 0 Å². The molecule has 1 aliphatic heterocycles. The fourth-order valence-electron chi connectivity index (χ4n) is 1.93. The zero-order valence-corrected chi connectivity index (χ0v) is 8.27. The van der Waals surface area contributed by atoms with Crippen LogP contribution in [-0.4, -0.2) is 12.9 Å². The minimum atomic E-state index is -0.0588. The highest BCUT2D eigenvalue weighted by atomic mass is 16.5. The van der Waals surface area contributed by atoms with Crippen LogP contribution in [0.3, 0.4) is 0 Å². The number of carbonyl (C=O) groups is 1. The van der Waals surface area contributed by atoms with Crippen molar-refractivity contribution in [2.45, 2.75) is 19.4 Å². The molecular formula is C12H14O2. The van der Waals surface area contributed by atoms with Crippen molar-refractivity contribution in [3.05, 3.63) is 35.4 Å². The predicted molar refractivity (Wildman–Crippen MR) is 54.1 cm³/mol. The lowest BCUT2D eigenvalue weighted by atomic mass is 9.91. The van der Waals surface area contributed by atoms with Gasteiger partial charge in [-0.2, -0.15) is 0 Å². The standard InChI is InChI=1S/C12H14O2/c1-9(8-13)12-11-5-3-2-4-10(11)6-7-14-12/h2-5,8-9,12H,6-7H2,1H3. The van der Waals surface area contributed by atoms with Crippen molar-refractivity contribution in [2.75, 3.05) is 6.61 Å². The Morgan fingerprint density at radius 3 is 3.07 bits per heavy atom. The quantitative estimate of drug-likeness (QED) is 0.668. The third-order valence-electron chi connectivity index (χ3n) is 2.72. The Balaban J connectivity index is 2.35. The molecular weight excluding hydrogens is 176 g/mol. The van der Waals surface area contributed by atoms with Crippen LogP contribution in [0.15, 0.2) is 24.3 Å². The van der Waals surface area contributed by atoms with Crippen LogP contribution in [0.1, 0.15) is 24.2 Å². The van der Waals surface area contributed by atoms with Gasteiger partial charge in [-0.1, -0.05) is 31.2 Å². The Morgan fingerprint density at radius 2 is 2.29 bits per heavy atom. The molecule has 0 aliphatic carbocycles. The lowest BCUT2D eigenvalue weighted by Gasteiger charge is -2.28. The van der Waals surface area contributed by atoms with Gasteiger partial charge in [0.05, 0.1) is 12.7 Å². The molecule has 1 aromatic rings. The molecule has 1 heterocycles. The molecule has 2 unspecified atom stereocenters. The lowest BCUT2D eigenvalue weighted by molar-refractivity contribution is -0.116. The summed E-state index contributed by atoms with van der Waals surface area (Å²) in [5, 5.41) is 0. The molecule has 1 aliphatic rings. The third kappa shape index (κ3) is 1.58. The molecule has 2 heteroatoms. The van der Waals surface area contributed by atoms with E-state index in [1.54, 1.807) is 0 Å². The summed E-state index contributed by atoms with van der Waals surface area (Å²) >= 11 is 0. The SMILES string of the molecule is CC(C=O)C1OCCc2ccccc21. The van der Waals surface area contributed by atoms with E-state index in [2.05, 4.69) is 12.1 Å². The largest absolute Gasteiger partial charge is 0.372 e. The van der Waals surface area contributed by atoms with Crippen LogP contribution in [0.2, 0.25) is 0 Å².